The normalized spacial score (nSPS) is 16.8. The average molecular weight is 457 g/mol. The van der Waals surface area contributed by atoms with Crippen molar-refractivity contribution >= 4 is 44.2 Å². The zero-order chi connectivity index (χ0) is 22.4. The van der Waals surface area contributed by atoms with E-state index in [-0.39, 0.29) is 27.6 Å². The third kappa shape index (κ3) is 3.90. The first kappa shape index (κ1) is 21.6. The Labute approximate surface area is 186 Å². The van der Waals surface area contributed by atoms with E-state index in [4.69, 9.17) is 4.42 Å². The molecule has 3 aromatic rings. The minimum atomic E-state index is -3.31. The van der Waals surface area contributed by atoms with Crippen molar-refractivity contribution in [1.29, 1.82) is 0 Å². The fraction of sp³-hybridized carbons (Fsp3) is 0.304. The molecule has 6 nitrogen and oxygen atoms in total. The number of fused-ring (bicyclic) bond motifs is 2. The molecule has 0 amide bonds. The van der Waals surface area contributed by atoms with Gasteiger partial charge in [-0.1, -0.05) is 50.7 Å². The van der Waals surface area contributed by atoms with Crippen LogP contribution < -0.4 is 4.90 Å². The van der Waals surface area contributed by atoms with E-state index in [1.165, 1.54) is 29.5 Å². The van der Waals surface area contributed by atoms with Crippen molar-refractivity contribution in [3.8, 4) is 0 Å². The number of hydrogen-bond acceptors (Lipinski definition) is 7. The van der Waals surface area contributed by atoms with Gasteiger partial charge in [0.15, 0.2) is 21.2 Å². The highest BCUT2D eigenvalue weighted by Gasteiger charge is 2.38. The van der Waals surface area contributed by atoms with Crippen molar-refractivity contribution in [2.24, 2.45) is 0 Å². The van der Waals surface area contributed by atoms with E-state index in [0.29, 0.717) is 16.3 Å². The number of thioether (sulfide) groups is 1. The van der Waals surface area contributed by atoms with Gasteiger partial charge in [-0.15, -0.1) is 0 Å². The number of para-hydroxylation sites is 1. The lowest BCUT2D eigenvalue weighted by atomic mass is 9.83. The fourth-order valence-corrected chi connectivity index (χ4v) is 5.45. The summed E-state index contributed by atoms with van der Waals surface area (Å²) in [7, 11) is -1.34. The molecule has 0 N–H and O–H groups in total. The third-order valence-electron chi connectivity index (χ3n) is 5.65. The van der Waals surface area contributed by atoms with Gasteiger partial charge >= 0.3 is 0 Å². The first-order chi connectivity index (χ1) is 14.6. The Hall–Kier alpha value is -2.58. The maximum atomic E-state index is 12.7. The number of likely N-dealkylation sites (N-methyl/N-ethyl adjacent to an activating group) is 1. The maximum Gasteiger partial charge on any atom is 0.257 e. The number of carbonyl (C=O) groups is 1. The predicted molar refractivity (Wildman–Crippen MR) is 123 cm³/mol. The molecule has 2 heterocycles. The SMILES string of the molecule is CCS(=O)(=O)c1ccc2oc(SCC(=O)C=C3N(C)c4ccccc4C3(C)C)nc2c1. The zero-order valence-electron chi connectivity index (χ0n) is 17.9. The Bertz CT molecular complexity index is 1310. The standard InChI is InChI=1S/C23H24N2O4S2/c1-5-31(27,28)16-10-11-20-18(13-16)24-22(29-20)30-14-15(26)12-21-23(2,3)17-8-6-7-9-19(17)25(21)4/h6-13H,5,14H2,1-4H3. The highest BCUT2D eigenvalue weighted by molar-refractivity contribution is 7.99. The maximum absolute atomic E-state index is 12.7. The van der Waals surface area contributed by atoms with Gasteiger partial charge in [0.05, 0.1) is 16.4 Å². The number of anilines is 1. The van der Waals surface area contributed by atoms with Gasteiger partial charge in [0, 0.05) is 29.9 Å². The van der Waals surface area contributed by atoms with Crippen LogP contribution in [0.25, 0.3) is 11.1 Å². The largest absolute Gasteiger partial charge is 0.431 e. The number of carbonyl (C=O) groups excluding carboxylic acids is 1. The second-order valence-corrected chi connectivity index (χ2v) is 11.2. The quantitative estimate of drug-likeness (QED) is 0.396. The molecule has 0 bridgehead atoms. The van der Waals surface area contributed by atoms with Gasteiger partial charge in [0.1, 0.15) is 5.52 Å². The lowest BCUT2D eigenvalue weighted by Gasteiger charge is -2.23. The lowest BCUT2D eigenvalue weighted by molar-refractivity contribution is -0.112. The van der Waals surface area contributed by atoms with Crippen LogP contribution in [-0.2, 0) is 20.0 Å². The van der Waals surface area contributed by atoms with Crippen molar-refractivity contribution in [1.82, 2.24) is 4.98 Å². The molecule has 8 heteroatoms. The Morgan fingerprint density at radius 3 is 2.68 bits per heavy atom. The summed E-state index contributed by atoms with van der Waals surface area (Å²) in [5.74, 6) is 0.163. The molecule has 0 saturated carbocycles. The summed E-state index contributed by atoms with van der Waals surface area (Å²) in [6.45, 7) is 5.83. The van der Waals surface area contributed by atoms with Crippen LogP contribution in [0.1, 0.15) is 26.3 Å². The molecule has 0 saturated heterocycles. The predicted octanol–water partition coefficient (Wildman–Crippen LogP) is 4.59. The molecular weight excluding hydrogens is 432 g/mol. The molecule has 0 spiro atoms. The minimum Gasteiger partial charge on any atom is -0.431 e. The lowest BCUT2D eigenvalue weighted by Crippen LogP contribution is -2.24. The summed E-state index contributed by atoms with van der Waals surface area (Å²) < 4.78 is 29.8. The Kier molecular flexibility index (Phi) is 5.47. The van der Waals surface area contributed by atoms with Crippen molar-refractivity contribution < 1.29 is 17.6 Å². The number of rotatable bonds is 6. The van der Waals surface area contributed by atoms with Gasteiger partial charge < -0.3 is 9.32 Å². The van der Waals surface area contributed by atoms with E-state index in [1.54, 1.807) is 19.1 Å². The molecule has 1 aliphatic rings. The third-order valence-corrected chi connectivity index (χ3v) is 8.24. The number of oxazole rings is 1. The van der Waals surface area contributed by atoms with Gasteiger partial charge in [-0.2, -0.15) is 0 Å². The fourth-order valence-electron chi connectivity index (χ4n) is 3.89. The highest BCUT2D eigenvalue weighted by atomic mass is 32.2. The minimum absolute atomic E-state index is 0.0236. The smallest absolute Gasteiger partial charge is 0.257 e. The Morgan fingerprint density at radius 1 is 1.23 bits per heavy atom. The molecule has 0 radical (unpaired) electrons. The molecule has 31 heavy (non-hydrogen) atoms. The van der Waals surface area contributed by atoms with Gasteiger partial charge in [-0.25, -0.2) is 13.4 Å². The van der Waals surface area contributed by atoms with Crippen molar-refractivity contribution in [2.75, 3.05) is 23.5 Å². The molecule has 162 valence electrons. The number of benzene rings is 2. The summed E-state index contributed by atoms with van der Waals surface area (Å²) >= 11 is 1.20. The van der Waals surface area contributed by atoms with E-state index in [1.807, 2.05) is 19.2 Å². The molecule has 0 fully saturated rings. The van der Waals surface area contributed by atoms with Crippen molar-refractivity contribution in [3.63, 3.8) is 0 Å². The van der Waals surface area contributed by atoms with Crippen LogP contribution in [-0.4, -0.2) is 37.7 Å². The molecule has 0 unspecified atom stereocenters. The average Bonchev–Trinajstić information content (AvgIpc) is 3.24. The number of aromatic nitrogens is 1. The molecule has 2 aromatic carbocycles. The van der Waals surface area contributed by atoms with E-state index < -0.39 is 9.84 Å². The Morgan fingerprint density at radius 2 is 1.97 bits per heavy atom. The van der Waals surface area contributed by atoms with Crippen LogP contribution in [0.4, 0.5) is 5.69 Å². The second kappa shape index (κ2) is 7.84. The molecule has 0 aliphatic carbocycles. The summed E-state index contributed by atoms with van der Waals surface area (Å²) in [6, 6.07) is 12.8. The number of ketones is 1. The molecule has 1 aromatic heterocycles. The van der Waals surface area contributed by atoms with Crippen LogP contribution in [0.2, 0.25) is 0 Å². The monoisotopic (exact) mass is 456 g/mol. The second-order valence-electron chi connectivity index (χ2n) is 8.00. The molecule has 4 rings (SSSR count). The topological polar surface area (TPSA) is 80.5 Å². The molecule has 1 aliphatic heterocycles. The highest BCUT2D eigenvalue weighted by Crippen LogP contribution is 2.46. The zero-order valence-corrected chi connectivity index (χ0v) is 19.5. The van der Waals surface area contributed by atoms with Crippen LogP contribution in [0.3, 0.4) is 0 Å². The number of sulfone groups is 1. The van der Waals surface area contributed by atoms with Gasteiger partial charge in [-0.3, -0.25) is 4.79 Å². The van der Waals surface area contributed by atoms with E-state index >= 15 is 0 Å². The number of allylic oxidation sites excluding steroid dienone is 2. The van der Waals surface area contributed by atoms with Crippen LogP contribution in [0.5, 0.6) is 0 Å². The summed E-state index contributed by atoms with van der Waals surface area (Å²) in [4.78, 5) is 19.4. The van der Waals surface area contributed by atoms with Crippen LogP contribution >= 0.6 is 11.8 Å². The van der Waals surface area contributed by atoms with Crippen molar-refractivity contribution in [2.45, 2.75) is 36.3 Å². The Balaban J connectivity index is 1.51. The molecular formula is C23H24N2O4S2. The first-order valence-corrected chi connectivity index (χ1v) is 12.6. The molecule has 0 atom stereocenters. The number of nitrogens with zero attached hydrogens (tertiary/aromatic N) is 2. The van der Waals surface area contributed by atoms with Crippen LogP contribution in [0, 0.1) is 0 Å². The summed E-state index contributed by atoms with van der Waals surface area (Å²) in [5, 5.41) is 0.343. The van der Waals surface area contributed by atoms with Gasteiger partial charge in [0.25, 0.3) is 5.22 Å². The summed E-state index contributed by atoms with van der Waals surface area (Å²) in [5.41, 5.74) is 3.96. The summed E-state index contributed by atoms with van der Waals surface area (Å²) in [6.07, 6.45) is 1.70. The van der Waals surface area contributed by atoms with Crippen LogP contribution in [0.15, 0.2) is 68.8 Å². The van der Waals surface area contributed by atoms with Gasteiger partial charge in [-0.05, 0) is 29.8 Å². The van der Waals surface area contributed by atoms with E-state index in [9.17, 15) is 13.2 Å². The first-order valence-electron chi connectivity index (χ1n) is 9.98. The van der Waals surface area contributed by atoms with Gasteiger partial charge in [0.2, 0.25) is 0 Å². The van der Waals surface area contributed by atoms with E-state index in [0.717, 1.165) is 11.4 Å². The van der Waals surface area contributed by atoms with E-state index in [2.05, 4.69) is 35.9 Å². The van der Waals surface area contributed by atoms with Crippen molar-refractivity contribution in [3.05, 3.63) is 59.8 Å². The number of hydrogen-bond donors (Lipinski definition) is 0.